The maximum atomic E-state index is 6.62. The molecule has 1 saturated carbocycles. The van der Waals surface area contributed by atoms with E-state index in [0.717, 1.165) is 12.8 Å². The highest BCUT2D eigenvalue weighted by Gasteiger charge is 2.39. The van der Waals surface area contributed by atoms with Gasteiger partial charge in [-0.1, -0.05) is 43.2 Å². The third kappa shape index (κ3) is 1.78. The van der Waals surface area contributed by atoms with Crippen LogP contribution < -0.4 is 0 Å². The van der Waals surface area contributed by atoms with Crippen LogP contribution in [0.1, 0.15) is 31.2 Å². The molecular weight excluding hydrogens is 215 g/mol. The summed E-state index contributed by atoms with van der Waals surface area (Å²) in [6.07, 6.45) is 4.41. The van der Waals surface area contributed by atoms with Gasteiger partial charge in [-0.15, -0.1) is 23.2 Å². The Morgan fingerprint density at radius 3 is 2.50 bits per heavy atom. The molecule has 0 aromatic heterocycles. The summed E-state index contributed by atoms with van der Waals surface area (Å²) in [5.41, 5.74) is 1.17. The van der Waals surface area contributed by atoms with Crippen LogP contribution in [0.2, 0.25) is 0 Å². The minimum Gasteiger partial charge on any atom is -0.121 e. The summed E-state index contributed by atoms with van der Waals surface area (Å²) in [5, 5.41) is 0.0697. The van der Waals surface area contributed by atoms with Crippen molar-refractivity contribution in [2.75, 3.05) is 0 Å². The first-order chi connectivity index (χ1) is 6.73. The van der Waals surface area contributed by atoms with Crippen LogP contribution in [-0.4, -0.2) is 5.38 Å². The highest BCUT2D eigenvalue weighted by atomic mass is 35.5. The molecule has 2 rings (SSSR count). The third-order valence-corrected chi connectivity index (χ3v) is 4.37. The van der Waals surface area contributed by atoms with E-state index in [9.17, 15) is 0 Å². The second kappa shape index (κ2) is 4.12. The minimum absolute atomic E-state index is 0.0697. The van der Waals surface area contributed by atoms with Crippen LogP contribution in [0.15, 0.2) is 30.3 Å². The molecule has 2 atom stereocenters. The summed E-state index contributed by atoms with van der Waals surface area (Å²) in [7, 11) is 0. The lowest BCUT2D eigenvalue weighted by atomic mass is 9.83. The number of benzene rings is 1. The van der Waals surface area contributed by atoms with E-state index in [-0.39, 0.29) is 10.3 Å². The third-order valence-electron chi connectivity index (χ3n) is 3.00. The van der Waals surface area contributed by atoms with E-state index in [1.165, 1.54) is 18.4 Å². The zero-order chi connectivity index (χ0) is 10.0. The van der Waals surface area contributed by atoms with Crippen molar-refractivity contribution in [2.24, 2.45) is 0 Å². The van der Waals surface area contributed by atoms with Crippen LogP contribution in [0.4, 0.5) is 0 Å². The molecule has 14 heavy (non-hydrogen) atoms. The van der Waals surface area contributed by atoms with E-state index in [4.69, 9.17) is 23.2 Å². The first-order valence-corrected chi connectivity index (χ1v) is 5.93. The smallest absolute Gasteiger partial charge is 0.0857 e. The molecule has 0 saturated heterocycles. The normalized spacial score (nSPS) is 32.9. The van der Waals surface area contributed by atoms with Gasteiger partial charge in [0.1, 0.15) is 0 Å². The van der Waals surface area contributed by atoms with Crippen LogP contribution in [-0.2, 0) is 4.87 Å². The zero-order valence-corrected chi connectivity index (χ0v) is 9.56. The Bertz CT molecular complexity index is 296. The average Bonchev–Trinajstić information content (AvgIpc) is 2.24. The molecule has 0 amide bonds. The summed E-state index contributed by atoms with van der Waals surface area (Å²) < 4.78 is 0. The topological polar surface area (TPSA) is 0 Å². The van der Waals surface area contributed by atoms with Gasteiger partial charge in [-0.2, -0.15) is 0 Å². The molecule has 1 aliphatic rings. The van der Waals surface area contributed by atoms with Crippen LogP contribution in [0, 0.1) is 0 Å². The molecule has 0 bridgehead atoms. The van der Waals surface area contributed by atoms with Crippen LogP contribution in [0.5, 0.6) is 0 Å². The Kier molecular flexibility index (Phi) is 3.04. The standard InChI is InChI=1S/C12H14Cl2/c13-11-8-4-5-9-12(11,14)10-6-2-1-3-7-10/h1-3,6-7,11H,4-5,8-9H2/t11-,12+/m0/s1. The number of halogens is 2. The van der Waals surface area contributed by atoms with E-state index < -0.39 is 0 Å². The Labute approximate surface area is 95.2 Å². The monoisotopic (exact) mass is 228 g/mol. The molecule has 0 radical (unpaired) electrons. The number of alkyl halides is 2. The second-order valence-corrected chi connectivity index (χ2v) is 5.14. The van der Waals surface area contributed by atoms with Crippen molar-refractivity contribution < 1.29 is 0 Å². The average molecular weight is 229 g/mol. The lowest BCUT2D eigenvalue weighted by Crippen LogP contribution is -2.33. The molecule has 0 nitrogen and oxygen atoms in total. The number of hydrogen-bond acceptors (Lipinski definition) is 0. The van der Waals surface area contributed by atoms with Crippen molar-refractivity contribution in [2.45, 2.75) is 35.9 Å². The predicted molar refractivity (Wildman–Crippen MR) is 62.1 cm³/mol. The highest BCUT2D eigenvalue weighted by molar-refractivity contribution is 6.32. The summed E-state index contributed by atoms with van der Waals surface area (Å²) in [4.78, 5) is -0.332. The second-order valence-electron chi connectivity index (χ2n) is 3.94. The lowest BCUT2D eigenvalue weighted by Gasteiger charge is -2.36. The summed E-state index contributed by atoms with van der Waals surface area (Å²) in [6, 6.07) is 10.2. The van der Waals surface area contributed by atoms with Gasteiger partial charge in [-0.25, -0.2) is 0 Å². The molecule has 0 unspecified atom stereocenters. The summed E-state index contributed by atoms with van der Waals surface area (Å²) >= 11 is 12.9. The maximum absolute atomic E-state index is 6.62. The molecule has 0 N–H and O–H groups in total. The molecule has 76 valence electrons. The highest BCUT2D eigenvalue weighted by Crippen LogP contribution is 2.45. The van der Waals surface area contributed by atoms with Gasteiger partial charge >= 0.3 is 0 Å². The molecule has 1 fully saturated rings. The lowest BCUT2D eigenvalue weighted by molar-refractivity contribution is 0.406. The fourth-order valence-electron chi connectivity index (χ4n) is 2.13. The van der Waals surface area contributed by atoms with Gasteiger partial charge in [0, 0.05) is 0 Å². The van der Waals surface area contributed by atoms with Crippen molar-refractivity contribution in [3.63, 3.8) is 0 Å². The Hall–Kier alpha value is -0.200. The minimum atomic E-state index is -0.332. The van der Waals surface area contributed by atoms with Gasteiger partial charge < -0.3 is 0 Å². The van der Waals surface area contributed by atoms with Gasteiger partial charge in [-0.05, 0) is 18.4 Å². The van der Waals surface area contributed by atoms with Crippen molar-refractivity contribution in [1.82, 2.24) is 0 Å². The van der Waals surface area contributed by atoms with Gasteiger partial charge in [0.25, 0.3) is 0 Å². The van der Waals surface area contributed by atoms with E-state index in [2.05, 4.69) is 12.1 Å². The molecular formula is C12H14Cl2. The maximum Gasteiger partial charge on any atom is 0.0857 e. The van der Waals surface area contributed by atoms with E-state index in [1.807, 2.05) is 18.2 Å². The van der Waals surface area contributed by atoms with E-state index in [0.29, 0.717) is 0 Å². The fraction of sp³-hybridized carbons (Fsp3) is 0.500. The molecule has 0 aliphatic heterocycles. The Balaban J connectivity index is 2.30. The van der Waals surface area contributed by atoms with E-state index >= 15 is 0 Å². The predicted octanol–water partition coefficient (Wildman–Crippen LogP) is 4.30. The number of hydrogen-bond donors (Lipinski definition) is 0. The van der Waals surface area contributed by atoms with Crippen molar-refractivity contribution >= 4 is 23.2 Å². The zero-order valence-electron chi connectivity index (χ0n) is 8.05. The molecule has 0 heterocycles. The van der Waals surface area contributed by atoms with Crippen LogP contribution in [0.25, 0.3) is 0 Å². The Morgan fingerprint density at radius 2 is 1.86 bits per heavy atom. The molecule has 1 aromatic carbocycles. The van der Waals surface area contributed by atoms with Gasteiger partial charge in [0.15, 0.2) is 0 Å². The Morgan fingerprint density at radius 1 is 1.14 bits per heavy atom. The summed E-state index contributed by atoms with van der Waals surface area (Å²) in [6.45, 7) is 0. The summed E-state index contributed by atoms with van der Waals surface area (Å²) in [5.74, 6) is 0. The molecule has 2 heteroatoms. The van der Waals surface area contributed by atoms with Crippen LogP contribution in [0.3, 0.4) is 0 Å². The molecule has 1 aliphatic carbocycles. The van der Waals surface area contributed by atoms with Gasteiger partial charge in [0.05, 0.1) is 10.3 Å². The number of rotatable bonds is 1. The van der Waals surface area contributed by atoms with Crippen LogP contribution >= 0.6 is 23.2 Å². The molecule has 1 aromatic rings. The van der Waals surface area contributed by atoms with Crippen molar-refractivity contribution in [1.29, 1.82) is 0 Å². The first kappa shape index (κ1) is 10.3. The quantitative estimate of drug-likeness (QED) is 0.629. The first-order valence-electron chi connectivity index (χ1n) is 5.12. The van der Waals surface area contributed by atoms with Gasteiger partial charge in [0.2, 0.25) is 0 Å². The SMILES string of the molecule is Cl[C@H]1CCCC[C@@]1(Cl)c1ccccc1. The van der Waals surface area contributed by atoms with Crippen molar-refractivity contribution in [3.05, 3.63) is 35.9 Å². The molecule has 0 spiro atoms. The van der Waals surface area contributed by atoms with Crippen molar-refractivity contribution in [3.8, 4) is 0 Å². The van der Waals surface area contributed by atoms with Gasteiger partial charge in [-0.3, -0.25) is 0 Å². The largest absolute Gasteiger partial charge is 0.121 e. The van der Waals surface area contributed by atoms with E-state index in [1.54, 1.807) is 0 Å². The fourth-order valence-corrected chi connectivity index (χ4v) is 2.89.